The van der Waals surface area contributed by atoms with Gasteiger partial charge in [0.25, 0.3) is 0 Å². The van der Waals surface area contributed by atoms with E-state index < -0.39 is 15.2 Å². The first-order valence-corrected chi connectivity index (χ1v) is 16.5. The van der Waals surface area contributed by atoms with Crippen molar-refractivity contribution in [2.75, 3.05) is 71.6 Å². The zero-order chi connectivity index (χ0) is 27.0. The molecule has 0 saturated heterocycles. The zero-order valence-electron chi connectivity index (χ0n) is 23.8. The highest BCUT2D eigenvalue weighted by Crippen LogP contribution is 2.49. The Morgan fingerprint density at radius 1 is 0.629 bits per heavy atom. The molecular formula is C24H53NO8P2. The third-order valence-corrected chi connectivity index (χ3v) is 9.14. The van der Waals surface area contributed by atoms with Crippen molar-refractivity contribution in [1.29, 1.82) is 0 Å². The molecule has 0 heterocycles. The van der Waals surface area contributed by atoms with Crippen LogP contribution in [0.3, 0.4) is 0 Å². The quantitative estimate of drug-likeness (QED) is 0.116. The lowest BCUT2D eigenvalue weighted by Crippen LogP contribution is -2.33. The first-order valence-electron chi connectivity index (χ1n) is 13.0. The second-order valence-corrected chi connectivity index (χ2v) is 14.2. The summed E-state index contributed by atoms with van der Waals surface area (Å²) in [5, 5.41) is 0. The summed E-state index contributed by atoms with van der Waals surface area (Å²) in [7, 11) is -6.35. The van der Waals surface area contributed by atoms with Gasteiger partial charge in [-0.05, 0) is 75.2 Å². The highest BCUT2D eigenvalue weighted by molar-refractivity contribution is 7.54. The molecule has 0 aromatic heterocycles. The van der Waals surface area contributed by atoms with E-state index in [-0.39, 0.29) is 23.5 Å². The molecule has 0 spiro atoms. The van der Waals surface area contributed by atoms with Gasteiger partial charge in [0.2, 0.25) is 0 Å². The Kier molecular flexibility index (Phi) is 17.7. The Bertz CT molecular complexity index is 586. The summed E-state index contributed by atoms with van der Waals surface area (Å²) >= 11 is 0. The average Bonchev–Trinajstić information content (AvgIpc) is 2.72. The Labute approximate surface area is 214 Å². The van der Waals surface area contributed by atoms with Gasteiger partial charge in [0.1, 0.15) is 0 Å². The number of hydrogen-bond acceptors (Lipinski definition) is 9. The fraction of sp³-hybridized carbons (Fsp3) is 1.00. The Hall–Kier alpha value is 0.180. The summed E-state index contributed by atoms with van der Waals surface area (Å²) in [6, 6.07) is 0. The number of ether oxygens (including phenoxy) is 2. The molecule has 0 N–H and O–H groups in total. The van der Waals surface area contributed by atoms with E-state index in [4.69, 9.17) is 27.6 Å². The van der Waals surface area contributed by atoms with Gasteiger partial charge < -0.3 is 32.5 Å². The third-order valence-electron chi connectivity index (χ3n) is 5.03. The second-order valence-electron chi connectivity index (χ2n) is 9.85. The molecule has 0 unspecified atom stereocenters. The topological polar surface area (TPSA) is 92.8 Å². The van der Waals surface area contributed by atoms with Crippen LogP contribution in [0.4, 0.5) is 0 Å². The number of rotatable bonds is 22. The van der Waals surface area contributed by atoms with Crippen LogP contribution in [0.25, 0.3) is 0 Å². The van der Waals surface area contributed by atoms with Gasteiger partial charge >= 0.3 is 15.2 Å². The molecule has 0 aliphatic rings. The van der Waals surface area contributed by atoms with Gasteiger partial charge in [-0.25, -0.2) is 0 Å². The largest absolute Gasteiger partial charge is 0.376 e. The SMILES string of the molecule is CCOP(=O)(CCN(CCCOC(C)(C)CCOC(C)(C)C)CCP(=O)(OCC)OCC)OCC. The monoisotopic (exact) mass is 545 g/mol. The van der Waals surface area contributed by atoms with E-state index in [2.05, 4.69) is 18.7 Å². The molecule has 0 rings (SSSR count). The van der Waals surface area contributed by atoms with Crippen molar-refractivity contribution in [1.82, 2.24) is 4.90 Å². The lowest BCUT2D eigenvalue weighted by Gasteiger charge is -2.29. The normalized spacial score (nSPS) is 13.7. The van der Waals surface area contributed by atoms with Crippen molar-refractivity contribution in [2.45, 2.75) is 86.4 Å². The first kappa shape index (κ1) is 35.2. The van der Waals surface area contributed by atoms with E-state index >= 15 is 0 Å². The summed E-state index contributed by atoms with van der Waals surface area (Å²) in [6.45, 7) is 21.6. The van der Waals surface area contributed by atoms with Gasteiger partial charge in [0, 0.05) is 32.8 Å². The Morgan fingerprint density at radius 3 is 1.43 bits per heavy atom. The molecule has 0 radical (unpaired) electrons. The minimum Gasteiger partial charge on any atom is -0.376 e. The average molecular weight is 546 g/mol. The summed E-state index contributed by atoms with van der Waals surface area (Å²) < 4.78 is 59.6. The minimum absolute atomic E-state index is 0.165. The molecule has 0 amide bonds. The maximum absolute atomic E-state index is 12.9. The highest BCUT2D eigenvalue weighted by Gasteiger charge is 2.28. The van der Waals surface area contributed by atoms with E-state index in [1.165, 1.54) is 0 Å². The maximum atomic E-state index is 12.9. The van der Waals surface area contributed by atoms with Crippen LogP contribution in [0.15, 0.2) is 0 Å². The van der Waals surface area contributed by atoms with Crippen molar-refractivity contribution in [3.8, 4) is 0 Å². The van der Waals surface area contributed by atoms with Crippen LogP contribution in [-0.2, 0) is 36.7 Å². The molecule has 0 aromatic rings. The van der Waals surface area contributed by atoms with Crippen LogP contribution >= 0.6 is 15.2 Å². The molecule has 35 heavy (non-hydrogen) atoms. The predicted octanol–water partition coefficient (Wildman–Crippen LogP) is 6.21. The Morgan fingerprint density at radius 2 is 1.06 bits per heavy atom. The smallest absolute Gasteiger partial charge is 0.331 e. The zero-order valence-corrected chi connectivity index (χ0v) is 25.6. The molecular weight excluding hydrogens is 492 g/mol. The molecule has 9 nitrogen and oxygen atoms in total. The highest BCUT2D eigenvalue weighted by atomic mass is 31.2. The van der Waals surface area contributed by atoms with Crippen LogP contribution in [-0.4, -0.2) is 87.7 Å². The maximum Gasteiger partial charge on any atom is 0.331 e. The molecule has 0 saturated carbocycles. The van der Waals surface area contributed by atoms with Crippen molar-refractivity contribution in [3.63, 3.8) is 0 Å². The van der Waals surface area contributed by atoms with Crippen molar-refractivity contribution in [3.05, 3.63) is 0 Å². The van der Waals surface area contributed by atoms with Gasteiger partial charge in [-0.2, -0.15) is 0 Å². The van der Waals surface area contributed by atoms with Crippen LogP contribution < -0.4 is 0 Å². The van der Waals surface area contributed by atoms with Gasteiger partial charge in [-0.1, -0.05) is 0 Å². The Balaban J connectivity index is 4.97. The molecule has 0 atom stereocenters. The molecule has 212 valence electrons. The summed E-state index contributed by atoms with van der Waals surface area (Å²) in [5.41, 5.74) is -0.462. The van der Waals surface area contributed by atoms with Crippen molar-refractivity contribution in [2.24, 2.45) is 0 Å². The summed E-state index contributed by atoms with van der Waals surface area (Å²) in [6.07, 6.45) is 2.09. The van der Waals surface area contributed by atoms with E-state index in [0.29, 0.717) is 59.3 Å². The summed E-state index contributed by atoms with van der Waals surface area (Å²) in [5.74, 6) is 0. The van der Waals surface area contributed by atoms with Crippen molar-refractivity contribution < 1.29 is 36.7 Å². The van der Waals surface area contributed by atoms with Gasteiger partial charge in [0.15, 0.2) is 0 Å². The second kappa shape index (κ2) is 17.6. The number of hydrogen-bond donors (Lipinski definition) is 0. The first-order chi connectivity index (χ1) is 16.2. The lowest BCUT2D eigenvalue weighted by atomic mass is 10.1. The van der Waals surface area contributed by atoms with Gasteiger partial charge in [0.05, 0.1) is 50.0 Å². The molecule has 0 aliphatic carbocycles. The molecule has 0 aliphatic heterocycles. The predicted molar refractivity (Wildman–Crippen MR) is 143 cm³/mol. The van der Waals surface area contributed by atoms with Crippen LogP contribution in [0.1, 0.15) is 75.2 Å². The molecule has 0 aromatic carbocycles. The van der Waals surface area contributed by atoms with E-state index in [1.54, 1.807) is 27.7 Å². The van der Waals surface area contributed by atoms with Crippen molar-refractivity contribution >= 4 is 15.2 Å². The van der Waals surface area contributed by atoms with E-state index in [1.807, 2.05) is 20.8 Å². The number of nitrogens with zero attached hydrogens (tertiary/aromatic N) is 1. The van der Waals surface area contributed by atoms with Gasteiger partial charge in [-0.15, -0.1) is 0 Å². The molecule has 0 bridgehead atoms. The summed E-state index contributed by atoms with van der Waals surface area (Å²) in [4.78, 5) is 2.11. The third kappa shape index (κ3) is 18.1. The van der Waals surface area contributed by atoms with Gasteiger partial charge in [-0.3, -0.25) is 9.13 Å². The van der Waals surface area contributed by atoms with Crippen LogP contribution in [0.5, 0.6) is 0 Å². The fourth-order valence-corrected chi connectivity index (χ4v) is 6.59. The van der Waals surface area contributed by atoms with Crippen LogP contribution in [0, 0.1) is 0 Å². The molecule has 11 heteroatoms. The standard InChI is InChI=1S/C24H53NO8P2/c1-10-30-34(26,31-11-2)21-17-25(18-22-35(27,32-12-3)33-13-4)16-14-19-29-24(8,9)15-20-28-23(5,6)7/h10-22H2,1-9H3. The molecule has 0 fully saturated rings. The van der Waals surface area contributed by atoms with E-state index in [9.17, 15) is 9.13 Å². The fourth-order valence-electron chi connectivity index (χ4n) is 3.29. The van der Waals surface area contributed by atoms with E-state index in [0.717, 1.165) is 12.8 Å². The lowest BCUT2D eigenvalue weighted by molar-refractivity contribution is -0.0677. The van der Waals surface area contributed by atoms with Crippen LogP contribution in [0.2, 0.25) is 0 Å². The minimum atomic E-state index is -3.17.